The molecular weight excluding hydrogens is 260 g/mol. The first-order chi connectivity index (χ1) is 9.22. The Hall–Kier alpha value is -1.94. The van der Waals surface area contributed by atoms with Crippen LogP contribution in [0.4, 0.5) is 0 Å². The summed E-state index contributed by atoms with van der Waals surface area (Å²) in [6.45, 7) is 0. The Morgan fingerprint density at radius 3 is 2.79 bits per heavy atom. The predicted octanol–water partition coefficient (Wildman–Crippen LogP) is 2.55. The summed E-state index contributed by atoms with van der Waals surface area (Å²) in [5.41, 5.74) is 0.900. The van der Waals surface area contributed by atoms with Gasteiger partial charge in [0, 0.05) is 4.90 Å². The van der Waals surface area contributed by atoms with E-state index in [1.807, 2.05) is 36.4 Å². The van der Waals surface area contributed by atoms with Crippen molar-refractivity contribution in [3.63, 3.8) is 0 Å². The van der Waals surface area contributed by atoms with Crippen molar-refractivity contribution in [2.24, 2.45) is 0 Å². The molecule has 4 heteroatoms. The molecule has 0 radical (unpaired) electrons. The summed E-state index contributed by atoms with van der Waals surface area (Å²) in [5, 5.41) is 1.49. The highest BCUT2D eigenvalue weighted by atomic mass is 32.2. The number of rotatable bonds is 2. The molecule has 2 unspecified atom stereocenters. The normalized spacial score (nSPS) is 21.1. The first-order valence-corrected chi connectivity index (χ1v) is 7.10. The molecule has 0 aliphatic carbocycles. The summed E-state index contributed by atoms with van der Waals surface area (Å²) in [7, 11) is 0.326. The van der Waals surface area contributed by atoms with Crippen molar-refractivity contribution in [3.05, 3.63) is 42.0 Å². The van der Waals surface area contributed by atoms with Gasteiger partial charge in [0.25, 0.3) is 0 Å². The fourth-order valence-electron chi connectivity index (χ4n) is 2.22. The summed E-state index contributed by atoms with van der Waals surface area (Å²) in [6, 6.07) is 9.61. The molecule has 0 amide bonds. The highest BCUT2D eigenvalue weighted by Gasteiger charge is 2.21. The van der Waals surface area contributed by atoms with E-state index in [-0.39, 0.29) is 0 Å². The maximum absolute atomic E-state index is 12.2. The zero-order valence-corrected chi connectivity index (χ0v) is 11.1. The van der Waals surface area contributed by atoms with Gasteiger partial charge in [0.1, 0.15) is 17.3 Å². The topological polar surface area (TPSA) is 43.4 Å². The van der Waals surface area contributed by atoms with Crippen LogP contribution in [0.5, 0.6) is 5.75 Å². The Kier molecular flexibility index (Phi) is 2.95. The summed E-state index contributed by atoms with van der Waals surface area (Å²) in [4.78, 5) is 11.6. The van der Waals surface area contributed by atoms with Gasteiger partial charge in [-0.3, -0.25) is 4.21 Å². The van der Waals surface area contributed by atoms with E-state index >= 15 is 0 Å². The van der Waals surface area contributed by atoms with Crippen LogP contribution in [0.25, 0.3) is 16.8 Å². The van der Waals surface area contributed by atoms with Gasteiger partial charge in [-0.1, -0.05) is 18.2 Å². The summed E-state index contributed by atoms with van der Waals surface area (Å²) in [6.07, 6.45) is 4.28. The number of hydrogen-bond donors (Lipinski definition) is 0. The molecule has 0 bridgehead atoms. The van der Waals surface area contributed by atoms with Crippen molar-refractivity contribution >= 4 is 33.9 Å². The van der Waals surface area contributed by atoms with Gasteiger partial charge in [-0.15, -0.1) is 0 Å². The monoisotopic (exact) mass is 272 g/mol. The molecule has 19 heavy (non-hydrogen) atoms. The number of fused-ring (bicyclic) bond motifs is 2. The van der Waals surface area contributed by atoms with Crippen LogP contribution < -0.4 is 4.74 Å². The quantitative estimate of drug-likeness (QED) is 0.789. The van der Waals surface area contributed by atoms with Crippen LogP contribution in [0.1, 0.15) is 5.56 Å². The number of aldehydes is 1. The van der Waals surface area contributed by atoms with E-state index in [1.54, 1.807) is 13.2 Å². The fourth-order valence-corrected chi connectivity index (χ4v) is 3.43. The molecule has 1 aliphatic rings. The zero-order valence-electron chi connectivity index (χ0n) is 10.3. The van der Waals surface area contributed by atoms with Gasteiger partial charge in [-0.2, -0.15) is 0 Å². The Balaban J connectivity index is 2.22. The molecule has 0 N–H and O–H groups in total. The molecule has 3 rings (SSSR count). The lowest BCUT2D eigenvalue weighted by Crippen LogP contribution is -2.17. The van der Waals surface area contributed by atoms with E-state index in [9.17, 15) is 9.00 Å². The fraction of sp³-hybridized carbons (Fsp3) is 0.133. The second-order valence-corrected chi connectivity index (χ2v) is 5.94. The van der Waals surface area contributed by atoms with Crippen molar-refractivity contribution in [1.82, 2.24) is 0 Å². The SMILES string of the molecule is COc1ccc2cc3c(cc2c1)C=CC(C=O)S3=O. The first kappa shape index (κ1) is 12.1. The largest absolute Gasteiger partial charge is 0.497 e. The van der Waals surface area contributed by atoms with Crippen LogP contribution in [0, 0.1) is 0 Å². The minimum Gasteiger partial charge on any atom is -0.497 e. The number of benzene rings is 2. The molecule has 0 fully saturated rings. The Bertz CT molecular complexity index is 719. The van der Waals surface area contributed by atoms with Crippen LogP contribution in [-0.2, 0) is 15.6 Å². The van der Waals surface area contributed by atoms with Crippen LogP contribution in [-0.4, -0.2) is 22.9 Å². The van der Waals surface area contributed by atoms with Gasteiger partial charge in [-0.25, -0.2) is 0 Å². The summed E-state index contributed by atoms with van der Waals surface area (Å²) in [5.74, 6) is 0.791. The van der Waals surface area contributed by atoms with Gasteiger partial charge in [0.15, 0.2) is 0 Å². The maximum atomic E-state index is 12.2. The van der Waals surface area contributed by atoms with Crippen LogP contribution >= 0.6 is 0 Å². The summed E-state index contributed by atoms with van der Waals surface area (Å²) < 4.78 is 17.4. The lowest BCUT2D eigenvalue weighted by atomic mass is 10.1. The highest BCUT2D eigenvalue weighted by Crippen LogP contribution is 2.30. The highest BCUT2D eigenvalue weighted by molar-refractivity contribution is 7.86. The molecule has 96 valence electrons. The van der Waals surface area contributed by atoms with E-state index < -0.39 is 16.0 Å². The third-order valence-electron chi connectivity index (χ3n) is 3.24. The van der Waals surface area contributed by atoms with E-state index in [0.29, 0.717) is 0 Å². The third-order valence-corrected chi connectivity index (χ3v) is 4.79. The molecule has 1 heterocycles. The molecule has 3 nitrogen and oxygen atoms in total. The number of hydrogen-bond acceptors (Lipinski definition) is 3. The molecular formula is C15H12O3S. The average Bonchev–Trinajstić information content (AvgIpc) is 2.45. The molecule has 2 atom stereocenters. The molecule has 0 saturated carbocycles. The van der Waals surface area contributed by atoms with Crippen molar-refractivity contribution < 1.29 is 13.7 Å². The lowest BCUT2D eigenvalue weighted by Gasteiger charge is -2.15. The van der Waals surface area contributed by atoms with Gasteiger partial charge < -0.3 is 9.53 Å². The van der Waals surface area contributed by atoms with E-state index in [4.69, 9.17) is 4.74 Å². The van der Waals surface area contributed by atoms with Crippen LogP contribution in [0.2, 0.25) is 0 Å². The van der Waals surface area contributed by atoms with Crippen LogP contribution in [0.3, 0.4) is 0 Å². The third kappa shape index (κ3) is 1.98. The van der Waals surface area contributed by atoms with Crippen molar-refractivity contribution in [1.29, 1.82) is 0 Å². The second kappa shape index (κ2) is 4.63. The van der Waals surface area contributed by atoms with Crippen molar-refractivity contribution in [2.45, 2.75) is 10.1 Å². The number of carbonyl (C=O) groups is 1. The minimum absolute atomic E-state index is 0.539. The number of ether oxygens (including phenoxy) is 1. The minimum atomic E-state index is -1.30. The van der Waals surface area contributed by atoms with Crippen molar-refractivity contribution in [3.8, 4) is 5.75 Å². The Morgan fingerprint density at radius 1 is 1.21 bits per heavy atom. The molecule has 0 aromatic heterocycles. The van der Waals surface area contributed by atoms with E-state index in [0.717, 1.165) is 33.3 Å². The Morgan fingerprint density at radius 2 is 2.05 bits per heavy atom. The van der Waals surface area contributed by atoms with Gasteiger partial charge in [0.2, 0.25) is 0 Å². The first-order valence-electron chi connectivity index (χ1n) is 5.89. The van der Waals surface area contributed by atoms with Gasteiger partial charge >= 0.3 is 0 Å². The predicted molar refractivity (Wildman–Crippen MR) is 75.8 cm³/mol. The van der Waals surface area contributed by atoms with Crippen molar-refractivity contribution in [2.75, 3.05) is 7.11 Å². The van der Waals surface area contributed by atoms with Gasteiger partial charge in [-0.05, 0) is 40.6 Å². The standard InChI is InChI=1S/C15H12O3S/c1-18-13-4-2-10-8-15-11(6-12(10)7-13)3-5-14(9-16)19(15)17/h2-9,14H,1H3. The lowest BCUT2D eigenvalue weighted by molar-refractivity contribution is -0.106. The van der Waals surface area contributed by atoms with E-state index in [2.05, 4.69) is 0 Å². The van der Waals surface area contributed by atoms with E-state index in [1.165, 1.54) is 0 Å². The smallest absolute Gasteiger partial charge is 0.139 e. The molecule has 0 spiro atoms. The molecule has 1 aliphatic heterocycles. The second-order valence-electron chi connectivity index (χ2n) is 4.36. The summed E-state index contributed by atoms with van der Waals surface area (Å²) >= 11 is 0. The Labute approximate surface area is 113 Å². The van der Waals surface area contributed by atoms with Crippen LogP contribution in [0.15, 0.2) is 41.3 Å². The van der Waals surface area contributed by atoms with Gasteiger partial charge in [0.05, 0.1) is 17.9 Å². The number of carbonyl (C=O) groups excluding carboxylic acids is 1. The number of methoxy groups -OCH3 is 1. The maximum Gasteiger partial charge on any atom is 0.139 e. The molecule has 0 saturated heterocycles. The molecule has 2 aromatic rings. The average molecular weight is 272 g/mol. The zero-order chi connectivity index (χ0) is 13.4. The molecule has 2 aromatic carbocycles.